The molecule has 1 fully saturated rings. The predicted molar refractivity (Wildman–Crippen MR) is 116 cm³/mol. The number of halogens is 1. The SMILES string of the molecule is N=C[C@]12COC(=O)N1Cc1ccccc1C2/C=C/c1ccc(-c2cccc(F)c2)cn1. The van der Waals surface area contributed by atoms with Gasteiger partial charge in [0, 0.05) is 23.9 Å². The number of ether oxygens (including phenoxy) is 1. The molecule has 1 saturated heterocycles. The Morgan fingerprint density at radius 3 is 2.77 bits per heavy atom. The molecule has 0 bridgehead atoms. The van der Waals surface area contributed by atoms with Gasteiger partial charge in [-0.25, -0.2) is 9.18 Å². The van der Waals surface area contributed by atoms with Gasteiger partial charge in [-0.3, -0.25) is 9.88 Å². The summed E-state index contributed by atoms with van der Waals surface area (Å²) in [6.07, 6.45) is 6.53. The molecular weight excluding hydrogens is 393 g/mol. The number of fused-ring (bicyclic) bond motifs is 2. The molecule has 2 aliphatic heterocycles. The van der Waals surface area contributed by atoms with Crippen molar-refractivity contribution in [1.29, 1.82) is 5.41 Å². The molecule has 5 rings (SSSR count). The number of pyridine rings is 1. The largest absolute Gasteiger partial charge is 0.446 e. The van der Waals surface area contributed by atoms with Gasteiger partial charge in [0.25, 0.3) is 0 Å². The van der Waals surface area contributed by atoms with Crippen LogP contribution in [0.5, 0.6) is 0 Å². The maximum atomic E-state index is 13.5. The highest BCUT2D eigenvalue weighted by Gasteiger charge is 2.54. The highest BCUT2D eigenvalue weighted by atomic mass is 19.1. The average Bonchev–Trinajstić information content (AvgIpc) is 3.13. The van der Waals surface area contributed by atoms with Gasteiger partial charge in [0.1, 0.15) is 18.0 Å². The fourth-order valence-corrected chi connectivity index (χ4v) is 4.41. The number of nitrogens with one attached hydrogen (secondary N) is 1. The van der Waals surface area contributed by atoms with Gasteiger partial charge in [0.15, 0.2) is 0 Å². The smallest absolute Gasteiger partial charge is 0.411 e. The lowest BCUT2D eigenvalue weighted by molar-refractivity contribution is 0.151. The summed E-state index contributed by atoms with van der Waals surface area (Å²) in [5.41, 5.74) is 3.61. The minimum atomic E-state index is -0.844. The van der Waals surface area contributed by atoms with Crippen LogP contribution in [0.1, 0.15) is 22.7 Å². The molecule has 31 heavy (non-hydrogen) atoms. The summed E-state index contributed by atoms with van der Waals surface area (Å²) in [5.74, 6) is -0.515. The van der Waals surface area contributed by atoms with Crippen molar-refractivity contribution < 1.29 is 13.9 Å². The van der Waals surface area contributed by atoms with Crippen LogP contribution in [0.4, 0.5) is 9.18 Å². The minimum absolute atomic E-state index is 0.143. The third kappa shape index (κ3) is 3.20. The van der Waals surface area contributed by atoms with E-state index in [1.165, 1.54) is 18.3 Å². The molecule has 0 saturated carbocycles. The lowest BCUT2D eigenvalue weighted by Crippen LogP contribution is -2.54. The van der Waals surface area contributed by atoms with Gasteiger partial charge < -0.3 is 10.1 Å². The van der Waals surface area contributed by atoms with Crippen LogP contribution in [-0.2, 0) is 11.3 Å². The molecule has 2 atom stereocenters. The Balaban J connectivity index is 1.49. The van der Waals surface area contributed by atoms with Crippen molar-refractivity contribution in [2.75, 3.05) is 6.61 Å². The summed E-state index contributed by atoms with van der Waals surface area (Å²) in [6, 6.07) is 18.1. The third-order valence-electron chi connectivity index (χ3n) is 6.06. The fourth-order valence-electron chi connectivity index (χ4n) is 4.41. The van der Waals surface area contributed by atoms with E-state index in [4.69, 9.17) is 10.1 Å². The second kappa shape index (κ2) is 7.47. The number of aromatic nitrogens is 1. The molecular formula is C25H20FN3O2. The Morgan fingerprint density at radius 2 is 2.00 bits per heavy atom. The van der Waals surface area contributed by atoms with Crippen molar-refractivity contribution in [3.8, 4) is 11.1 Å². The number of carbonyl (C=O) groups excluding carboxylic acids is 1. The zero-order valence-corrected chi connectivity index (χ0v) is 16.7. The summed E-state index contributed by atoms with van der Waals surface area (Å²) >= 11 is 0. The van der Waals surface area contributed by atoms with Gasteiger partial charge in [-0.15, -0.1) is 0 Å². The van der Waals surface area contributed by atoms with Crippen LogP contribution in [0, 0.1) is 11.2 Å². The fraction of sp³-hybridized carbons (Fsp3) is 0.160. The molecule has 0 radical (unpaired) electrons. The van der Waals surface area contributed by atoms with Crippen LogP contribution in [0.25, 0.3) is 17.2 Å². The number of nitrogens with zero attached hydrogens (tertiary/aromatic N) is 2. The molecule has 0 spiro atoms. The Kier molecular flexibility index (Phi) is 4.62. The van der Waals surface area contributed by atoms with E-state index in [1.54, 1.807) is 17.2 Å². The number of amides is 1. The zero-order chi connectivity index (χ0) is 21.4. The first-order valence-electron chi connectivity index (χ1n) is 10.0. The molecule has 154 valence electrons. The van der Waals surface area contributed by atoms with Crippen LogP contribution in [0.2, 0.25) is 0 Å². The van der Waals surface area contributed by atoms with Crippen molar-refractivity contribution in [3.63, 3.8) is 0 Å². The van der Waals surface area contributed by atoms with Crippen molar-refractivity contribution in [3.05, 3.63) is 95.6 Å². The Labute approximate surface area is 179 Å². The minimum Gasteiger partial charge on any atom is -0.446 e. The first kappa shape index (κ1) is 19.2. The van der Waals surface area contributed by atoms with Crippen LogP contribution in [-0.4, -0.2) is 34.3 Å². The first-order valence-corrected chi connectivity index (χ1v) is 10.0. The summed E-state index contributed by atoms with van der Waals surface area (Å²) in [4.78, 5) is 18.5. The van der Waals surface area contributed by atoms with Crippen LogP contribution in [0.3, 0.4) is 0 Å². The summed E-state index contributed by atoms with van der Waals surface area (Å²) in [6.45, 7) is 0.569. The van der Waals surface area contributed by atoms with Crippen molar-refractivity contribution >= 4 is 18.4 Å². The van der Waals surface area contributed by atoms with Gasteiger partial charge in [-0.1, -0.05) is 48.5 Å². The van der Waals surface area contributed by atoms with E-state index >= 15 is 0 Å². The molecule has 1 N–H and O–H groups in total. The quantitative estimate of drug-likeness (QED) is 0.610. The molecule has 3 heterocycles. The molecule has 6 heteroatoms. The van der Waals surface area contributed by atoms with Crippen molar-refractivity contribution in [2.24, 2.45) is 0 Å². The Morgan fingerprint density at radius 1 is 1.13 bits per heavy atom. The predicted octanol–water partition coefficient (Wildman–Crippen LogP) is 5.04. The van der Waals surface area contributed by atoms with Crippen LogP contribution >= 0.6 is 0 Å². The third-order valence-corrected chi connectivity index (χ3v) is 6.06. The average molecular weight is 413 g/mol. The molecule has 1 amide bonds. The van der Waals surface area contributed by atoms with E-state index in [0.29, 0.717) is 6.54 Å². The second-order valence-electron chi connectivity index (χ2n) is 7.79. The standard InChI is InChI=1S/C25H20FN3O2/c26-20-6-3-5-17(12-20)18-8-9-21(28-13-18)10-11-23-22-7-2-1-4-19(22)14-29-24(30)31-16-25(23,29)15-27/h1-13,15,23,27H,14,16H2/b11-10+,27-15?/t23?,25-/m1/s1. The molecule has 3 aromatic rings. The number of hydrogen-bond donors (Lipinski definition) is 1. The summed E-state index contributed by atoms with van der Waals surface area (Å²) in [5, 5.41) is 8.12. The molecule has 5 nitrogen and oxygen atoms in total. The monoisotopic (exact) mass is 413 g/mol. The summed E-state index contributed by atoms with van der Waals surface area (Å²) < 4.78 is 18.8. The second-order valence-corrected chi connectivity index (χ2v) is 7.79. The zero-order valence-electron chi connectivity index (χ0n) is 16.7. The van der Waals surface area contributed by atoms with Crippen molar-refractivity contribution in [2.45, 2.75) is 18.0 Å². The molecule has 0 aliphatic carbocycles. The van der Waals surface area contributed by atoms with Gasteiger partial charge in [0.2, 0.25) is 0 Å². The first-order chi connectivity index (χ1) is 15.1. The van der Waals surface area contributed by atoms with Gasteiger partial charge in [0.05, 0.1) is 12.2 Å². The maximum Gasteiger partial charge on any atom is 0.411 e. The van der Waals surface area contributed by atoms with E-state index in [2.05, 4.69) is 4.98 Å². The van der Waals surface area contributed by atoms with Crippen molar-refractivity contribution in [1.82, 2.24) is 9.88 Å². The number of hydrogen-bond acceptors (Lipinski definition) is 4. The molecule has 1 unspecified atom stereocenters. The normalized spacial score (nSPS) is 22.2. The van der Waals surface area contributed by atoms with Crippen LogP contribution < -0.4 is 0 Å². The van der Waals surface area contributed by atoms with E-state index < -0.39 is 11.6 Å². The lowest BCUT2D eigenvalue weighted by atomic mass is 9.74. The van der Waals surface area contributed by atoms with E-state index in [0.717, 1.165) is 27.9 Å². The number of rotatable bonds is 4. The lowest BCUT2D eigenvalue weighted by Gasteiger charge is -2.42. The highest BCUT2D eigenvalue weighted by Crippen LogP contribution is 2.44. The molecule has 2 aromatic carbocycles. The summed E-state index contributed by atoms with van der Waals surface area (Å²) in [7, 11) is 0. The molecule has 2 aliphatic rings. The number of cyclic esters (lactones) is 1. The Bertz CT molecular complexity index is 1190. The Hall–Kier alpha value is -3.80. The van der Waals surface area contributed by atoms with Crippen LogP contribution in [0.15, 0.2) is 72.9 Å². The van der Waals surface area contributed by atoms with E-state index in [9.17, 15) is 9.18 Å². The van der Waals surface area contributed by atoms with Gasteiger partial charge in [-0.05, 0) is 41.0 Å². The molecule has 1 aromatic heterocycles. The van der Waals surface area contributed by atoms with Gasteiger partial charge in [-0.2, -0.15) is 0 Å². The number of carbonyl (C=O) groups is 1. The number of benzene rings is 2. The van der Waals surface area contributed by atoms with E-state index in [-0.39, 0.29) is 18.3 Å². The maximum absolute atomic E-state index is 13.5. The van der Waals surface area contributed by atoms with Gasteiger partial charge >= 0.3 is 6.09 Å². The van der Waals surface area contributed by atoms with E-state index in [1.807, 2.05) is 54.6 Å². The highest BCUT2D eigenvalue weighted by molar-refractivity contribution is 5.84. The topological polar surface area (TPSA) is 66.3 Å².